The van der Waals surface area contributed by atoms with Crippen LogP contribution < -0.4 is 47.3 Å². The highest BCUT2D eigenvalue weighted by molar-refractivity contribution is 9.09. The van der Waals surface area contributed by atoms with Crippen LogP contribution in [0.2, 0.25) is 5.02 Å². The third-order valence-electron chi connectivity index (χ3n) is 14.7. The summed E-state index contributed by atoms with van der Waals surface area (Å²) in [6.45, 7) is 16.2. The van der Waals surface area contributed by atoms with Crippen molar-refractivity contribution in [2.24, 2.45) is 17.6 Å². The molecule has 0 aromatic heterocycles. The lowest BCUT2D eigenvalue weighted by Crippen LogP contribution is -2.63. The Hall–Kier alpha value is -6.73. The molecule has 25 heteroatoms. The van der Waals surface area contributed by atoms with E-state index in [1.54, 1.807) is 65.8 Å². The molecule has 456 valence electrons. The number of amides is 8. The van der Waals surface area contributed by atoms with E-state index in [9.17, 15) is 43.5 Å². The largest absolute Gasteiger partial charge is 0.495 e. The number of carbonyl (C=O) groups is 8. The van der Waals surface area contributed by atoms with Crippen molar-refractivity contribution >= 4 is 92.4 Å². The third kappa shape index (κ3) is 18.9. The molecule has 5 rings (SSSR count). The van der Waals surface area contributed by atoms with Gasteiger partial charge < -0.3 is 65.4 Å². The van der Waals surface area contributed by atoms with Crippen molar-refractivity contribution in [2.75, 3.05) is 48.7 Å². The van der Waals surface area contributed by atoms with E-state index >= 15 is 0 Å². The van der Waals surface area contributed by atoms with E-state index in [2.05, 4.69) is 54.4 Å². The number of rotatable bonds is 22. The summed E-state index contributed by atoms with van der Waals surface area (Å²) in [6.07, 6.45) is 1.15. The number of allylic oxidation sites excluding steroid dienone is 3. The molecule has 0 saturated carbocycles. The standard InChI is InChI=1S/C58H80BrClN8O15/c1-32(2)48(66-45(69)19-12-13-24-56(6,7)83-52(73)34(4)31-59)51(72)65-39(17-15-25-62-53(61)74)50(71)63-37-20-22-38(23-21-37)64-54(75)81-44-29-46(70)68(9)40-27-36(28-41(78-10)47(40)60)26-33(3)16-14-18-43(79-11)58(77)30-42(80-55(76)67-58)35(5)49-57(44,8)82-49/h14,16,18,20-23,27-28,32,35,39,42-44,48-49,77H,4,12-13,15,17,19,24-26,29-31H2,1-3,5-11H3,(H,63,71)(H,64,75)(H,65,72)(H,66,69)(H,67,76)(H3,61,62,74)/b18-14+,33-16+/t35-,39+,42+,43-,44+,48+,49+,57+,58+/m1/s1. The molecule has 23 nitrogen and oxygen atoms in total. The highest BCUT2D eigenvalue weighted by Crippen LogP contribution is 2.49. The summed E-state index contributed by atoms with van der Waals surface area (Å²) >= 11 is 10.0. The highest BCUT2D eigenvalue weighted by Gasteiger charge is 2.64. The lowest BCUT2D eigenvalue weighted by Gasteiger charge is -2.42. The molecule has 3 heterocycles. The predicted molar refractivity (Wildman–Crippen MR) is 315 cm³/mol. The first kappa shape index (κ1) is 67.1. The number of unbranched alkanes of at least 4 members (excludes halogenated alkanes) is 1. The third-order valence-corrected chi connectivity index (χ3v) is 15.8. The SMILES string of the molecule is C=C(CBr)C(=O)OC(C)(C)CCCCC(=O)N[C@H](C(=O)N[C@@H](CCCNC(N)=O)C(=O)Nc1ccc(NC(=O)O[C@H]2CC(=O)N(C)c3cc(cc(OC)c3Cl)C/C(C)=C/C=C/[C@@H](OC)[C@@]3(O)C[C@H](OC(=O)N3)[C@@H](C)[C@@H]3O[C@@]23C)cc1)C(C)C. The molecule has 0 unspecified atom stereocenters. The van der Waals surface area contributed by atoms with Crippen LogP contribution in [-0.2, 0) is 54.1 Å². The number of nitrogens with zero attached hydrogens (tertiary/aromatic N) is 1. The Morgan fingerprint density at radius 3 is 2.33 bits per heavy atom. The Labute approximate surface area is 498 Å². The minimum absolute atomic E-state index is 0.0647. The van der Waals surface area contributed by atoms with Crippen LogP contribution in [0, 0.1) is 11.8 Å². The molecule has 2 fully saturated rings. The molecule has 9 atom stereocenters. The maximum Gasteiger partial charge on any atom is 0.412 e. The summed E-state index contributed by atoms with van der Waals surface area (Å²) in [7, 11) is 4.40. The number of nitrogens with two attached hydrogens (primary N) is 1. The normalized spacial score (nSPS) is 24.4. The van der Waals surface area contributed by atoms with Gasteiger partial charge >= 0.3 is 24.2 Å². The van der Waals surface area contributed by atoms with Gasteiger partial charge in [-0.25, -0.2) is 19.2 Å². The second-order valence-corrected chi connectivity index (χ2v) is 23.2. The lowest BCUT2D eigenvalue weighted by atomic mass is 9.83. The van der Waals surface area contributed by atoms with Crippen molar-refractivity contribution in [3.8, 4) is 5.75 Å². The number of alkyl halides is 1. The van der Waals surface area contributed by atoms with Gasteiger partial charge in [0.25, 0.3) is 0 Å². The van der Waals surface area contributed by atoms with E-state index in [1.165, 1.54) is 50.4 Å². The van der Waals surface area contributed by atoms with Gasteiger partial charge in [0.1, 0.15) is 52.4 Å². The summed E-state index contributed by atoms with van der Waals surface area (Å²) in [6, 6.07) is 6.57. The smallest absolute Gasteiger partial charge is 0.412 e. The molecule has 2 aromatic rings. The number of fused-ring (bicyclic) bond motifs is 5. The Morgan fingerprint density at radius 2 is 1.70 bits per heavy atom. The first-order valence-electron chi connectivity index (χ1n) is 27.4. The molecule has 2 aromatic carbocycles. The number of methoxy groups -OCH3 is 2. The summed E-state index contributed by atoms with van der Waals surface area (Å²) < 4.78 is 34.9. The van der Waals surface area contributed by atoms with Gasteiger partial charge in [-0.2, -0.15) is 0 Å². The Balaban J connectivity index is 1.30. The van der Waals surface area contributed by atoms with E-state index in [-0.39, 0.29) is 71.4 Å². The van der Waals surface area contributed by atoms with Crippen LogP contribution >= 0.6 is 27.5 Å². The molecular formula is C58H80BrClN8O15. The van der Waals surface area contributed by atoms with Crippen molar-refractivity contribution in [1.82, 2.24) is 21.3 Å². The van der Waals surface area contributed by atoms with Gasteiger partial charge in [-0.05, 0) is 114 Å². The fourth-order valence-electron chi connectivity index (χ4n) is 9.84. The van der Waals surface area contributed by atoms with E-state index in [4.69, 9.17) is 45.8 Å². The minimum Gasteiger partial charge on any atom is -0.495 e. The first-order valence-corrected chi connectivity index (χ1v) is 28.9. The maximum absolute atomic E-state index is 14.4. The predicted octanol–water partition coefficient (Wildman–Crippen LogP) is 7.22. The molecule has 3 aliphatic rings. The number of esters is 1. The van der Waals surface area contributed by atoms with Gasteiger partial charge in [-0.15, -0.1) is 0 Å². The second kappa shape index (κ2) is 29.7. The van der Waals surface area contributed by atoms with Crippen LogP contribution in [0.4, 0.5) is 31.4 Å². The van der Waals surface area contributed by atoms with Gasteiger partial charge in [0.15, 0.2) is 5.72 Å². The number of carbonyl (C=O) groups excluding carboxylic acids is 8. The minimum atomic E-state index is -1.90. The summed E-state index contributed by atoms with van der Waals surface area (Å²) in [5.41, 5.74) is 4.00. The monoisotopic (exact) mass is 1240 g/mol. The molecule has 83 heavy (non-hydrogen) atoms. The summed E-state index contributed by atoms with van der Waals surface area (Å²) in [5, 5.41) is 28.3. The number of primary amides is 1. The van der Waals surface area contributed by atoms with Crippen LogP contribution in [0.25, 0.3) is 0 Å². The maximum atomic E-state index is 14.4. The quantitative estimate of drug-likeness (QED) is 0.0144. The van der Waals surface area contributed by atoms with Gasteiger partial charge in [0.2, 0.25) is 23.6 Å². The Morgan fingerprint density at radius 1 is 1.02 bits per heavy atom. The number of aliphatic hydroxyl groups is 1. The summed E-state index contributed by atoms with van der Waals surface area (Å²) in [4.78, 5) is 107. The van der Waals surface area contributed by atoms with Gasteiger partial charge in [-0.3, -0.25) is 29.8 Å². The Bertz CT molecular complexity index is 2780. The van der Waals surface area contributed by atoms with Crippen LogP contribution in [0.1, 0.15) is 105 Å². The van der Waals surface area contributed by atoms with Crippen molar-refractivity contribution in [3.63, 3.8) is 0 Å². The van der Waals surface area contributed by atoms with Crippen molar-refractivity contribution in [3.05, 3.63) is 82.9 Å². The van der Waals surface area contributed by atoms with E-state index in [0.717, 1.165) is 11.1 Å². The van der Waals surface area contributed by atoms with Crippen LogP contribution in [0.3, 0.4) is 0 Å². The molecule has 9 N–H and O–H groups in total. The Kier molecular flexibility index (Phi) is 24.0. The zero-order chi connectivity index (χ0) is 61.6. The second-order valence-electron chi connectivity index (χ2n) is 22.3. The number of nitrogens with one attached hydrogen (secondary N) is 6. The molecule has 2 saturated heterocycles. The molecule has 3 aliphatic heterocycles. The van der Waals surface area contributed by atoms with Gasteiger partial charge in [0, 0.05) is 61.7 Å². The van der Waals surface area contributed by atoms with Gasteiger partial charge in [-0.1, -0.05) is 78.7 Å². The molecule has 0 radical (unpaired) electrons. The van der Waals surface area contributed by atoms with E-state index in [1.807, 2.05) is 13.0 Å². The number of urea groups is 1. The number of halogens is 2. The molecule has 8 amide bonds. The van der Waals surface area contributed by atoms with Crippen molar-refractivity contribution in [1.29, 1.82) is 0 Å². The fraction of sp³-hybridized carbons (Fsp3) is 0.552. The molecular weight excluding hydrogens is 1160 g/mol. The number of epoxide rings is 1. The van der Waals surface area contributed by atoms with E-state index < -0.39 is 108 Å². The zero-order valence-electron chi connectivity index (χ0n) is 48.7. The molecule has 0 spiro atoms. The zero-order valence-corrected chi connectivity index (χ0v) is 51.1. The first-order chi connectivity index (χ1) is 39.0. The highest BCUT2D eigenvalue weighted by atomic mass is 79.9. The number of anilines is 3. The fourth-order valence-corrected chi connectivity index (χ4v) is 10.4. The summed E-state index contributed by atoms with van der Waals surface area (Å²) in [5.74, 6) is -3.31. The van der Waals surface area contributed by atoms with E-state index in [0.29, 0.717) is 37.1 Å². The lowest BCUT2D eigenvalue weighted by molar-refractivity contribution is -0.152. The van der Waals surface area contributed by atoms with Crippen LogP contribution in [-0.4, -0.2) is 139 Å². The van der Waals surface area contributed by atoms with Crippen molar-refractivity contribution in [2.45, 2.75) is 160 Å². The number of benzene rings is 2. The number of alkyl carbamates (subject to hydrolysis) is 1. The van der Waals surface area contributed by atoms with Crippen LogP contribution in [0.15, 0.2) is 72.4 Å². The van der Waals surface area contributed by atoms with Gasteiger partial charge in [0.05, 0.1) is 25.3 Å². The number of ether oxygens (including phenoxy) is 6. The van der Waals surface area contributed by atoms with Crippen LogP contribution in [0.5, 0.6) is 5.75 Å². The average molecular weight is 1240 g/mol. The average Bonchev–Trinajstić information content (AvgIpc) is 2.05. The number of hydrogen-bond donors (Lipinski definition) is 8. The van der Waals surface area contributed by atoms with Crippen molar-refractivity contribution < 1.29 is 71.9 Å². The number of hydrogen-bond acceptors (Lipinski definition) is 15. The topological polar surface area (TPSA) is 317 Å². The molecule has 0 aliphatic carbocycles. The molecule has 4 bridgehead atoms.